The van der Waals surface area contributed by atoms with E-state index in [2.05, 4.69) is 15.5 Å². The van der Waals surface area contributed by atoms with Crippen LogP contribution in [0.1, 0.15) is 76.2 Å². The van der Waals surface area contributed by atoms with Crippen molar-refractivity contribution in [3.05, 3.63) is 46.9 Å². The Labute approximate surface area is 205 Å². The highest BCUT2D eigenvalue weighted by atomic mass is 19.2. The van der Waals surface area contributed by atoms with Gasteiger partial charge in [0, 0.05) is 25.1 Å². The van der Waals surface area contributed by atoms with Crippen LogP contribution in [0.2, 0.25) is 0 Å². The molecule has 2 atom stereocenters. The van der Waals surface area contributed by atoms with Gasteiger partial charge in [0.05, 0.1) is 6.04 Å². The molecule has 36 heavy (non-hydrogen) atoms. The monoisotopic (exact) mass is 512 g/mol. The molecule has 2 aromatic rings. The van der Waals surface area contributed by atoms with Gasteiger partial charge in [-0.1, -0.05) is 5.16 Å². The largest absolute Gasteiger partial charge is 0.444 e. The second kappa shape index (κ2) is 9.70. The second-order valence-electron chi connectivity index (χ2n) is 10.3. The van der Waals surface area contributed by atoms with Crippen LogP contribution in [0, 0.1) is 17.5 Å². The minimum atomic E-state index is -1.60. The summed E-state index contributed by atoms with van der Waals surface area (Å²) in [4.78, 5) is 31.3. The summed E-state index contributed by atoms with van der Waals surface area (Å²) in [6.45, 7) is 5.32. The van der Waals surface area contributed by atoms with E-state index in [1.54, 1.807) is 20.8 Å². The first kappa shape index (κ1) is 25.9. The van der Waals surface area contributed by atoms with Crippen LogP contribution in [0.5, 0.6) is 0 Å². The third-order valence-electron chi connectivity index (χ3n) is 6.08. The summed E-state index contributed by atoms with van der Waals surface area (Å²) in [5, 5.41) is 6.40. The molecule has 1 N–H and O–H groups in total. The van der Waals surface area contributed by atoms with Crippen molar-refractivity contribution in [2.45, 2.75) is 82.6 Å². The number of carbonyl (C=O) groups excluding carboxylic acids is 2. The fourth-order valence-electron chi connectivity index (χ4n) is 4.17. The number of aromatic nitrogens is 2. The minimum Gasteiger partial charge on any atom is -0.444 e. The van der Waals surface area contributed by atoms with Crippen LogP contribution in [0.3, 0.4) is 0 Å². The van der Waals surface area contributed by atoms with Crippen LogP contribution < -0.4 is 5.32 Å². The average Bonchev–Trinajstić information content (AvgIpc) is 3.17. The molecule has 0 radical (unpaired) electrons. The summed E-state index contributed by atoms with van der Waals surface area (Å²) >= 11 is 0. The van der Waals surface area contributed by atoms with Crippen LogP contribution in [0.25, 0.3) is 0 Å². The molecule has 2 heterocycles. The molecule has 1 aromatic heterocycles. The number of nitrogens with one attached hydrogen (secondary N) is 1. The van der Waals surface area contributed by atoms with Gasteiger partial charge in [-0.3, -0.25) is 4.79 Å². The quantitative estimate of drug-likeness (QED) is 0.429. The predicted octanol–water partition coefficient (Wildman–Crippen LogP) is 4.64. The van der Waals surface area contributed by atoms with Crippen LogP contribution in [0.4, 0.5) is 22.4 Å². The van der Waals surface area contributed by atoms with Gasteiger partial charge in [-0.2, -0.15) is 4.98 Å². The number of alkyl halides is 1. The normalized spacial score (nSPS) is 19.8. The average molecular weight is 513 g/mol. The summed E-state index contributed by atoms with van der Waals surface area (Å²) in [5.74, 6) is -3.91. The Bertz CT molecular complexity index is 1150. The molecule has 1 saturated carbocycles. The summed E-state index contributed by atoms with van der Waals surface area (Å²) < 4.78 is 66.1. The van der Waals surface area contributed by atoms with E-state index in [0.717, 1.165) is 0 Å². The SMILES string of the molecule is CC(C)(C)OC(=O)NC(CC(=O)N1CCCC1c1noc(C2(F)CC2)n1)Cc1cc(F)c(F)cc1F. The van der Waals surface area contributed by atoms with E-state index in [9.17, 15) is 27.2 Å². The number of halogens is 4. The zero-order valence-electron chi connectivity index (χ0n) is 20.2. The molecule has 2 unspecified atom stereocenters. The zero-order valence-corrected chi connectivity index (χ0v) is 20.2. The van der Waals surface area contributed by atoms with Crippen molar-refractivity contribution in [2.75, 3.05) is 6.54 Å². The van der Waals surface area contributed by atoms with Crippen LogP contribution in [-0.2, 0) is 21.6 Å². The maximum Gasteiger partial charge on any atom is 0.407 e. The number of amides is 2. The maximum atomic E-state index is 14.3. The van der Waals surface area contributed by atoms with Gasteiger partial charge in [-0.05, 0) is 64.5 Å². The van der Waals surface area contributed by atoms with Gasteiger partial charge >= 0.3 is 6.09 Å². The van der Waals surface area contributed by atoms with Crippen molar-refractivity contribution in [3.63, 3.8) is 0 Å². The van der Waals surface area contributed by atoms with E-state index >= 15 is 0 Å². The number of alkyl carbamates (subject to hydrolysis) is 1. The maximum absolute atomic E-state index is 14.3. The van der Waals surface area contributed by atoms with E-state index < -0.39 is 52.8 Å². The summed E-state index contributed by atoms with van der Waals surface area (Å²) in [6.07, 6.45) is 0.368. The number of rotatable bonds is 7. The summed E-state index contributed by atoms with van der Waals surface area (Å²) in [5.41, 5.74) is -2.64. The Morgan fingerprint density at radius 1 is 1.22 bits per heavy atom. The molecule has 12 heteroatoms. The van der Waals surface area contributed by atoms with E-state index in [1.807, 2.05) is 0 Å². The van der Waals surface area contributed by atoms with E-state index in [0.29, 0.717) is 44.4 Å². The molecule has 0 bridgehead atoms. The van der Waals surface area contributed by atoms with E-state index in [-0.39, 0.29) is 30.1 Å². The molecular formula is C24H28F4N4O4. The third kappa shape index (κ3) is 5.96. The number of carbonyl (C=O) groups is 2. The smallest absolute Gasteiger partial charge is 0.407 e. The van der Waals surface area contributed by atoms with Crippen molar-refractivity contribution >= 4 is 12.0 Å². The molecule has 1 aliphatic carbocycles. The topological polar surface area (TPSA) is 97.6 Å². The fourth-order valence-corrected chi connectivity index (χ4v) is 4.17. The first-order chi connectivity index (χ1) is 16.8. The number of benzene rings is 1. The van der Waals surface area contributed by atoms with Gasteiger partial charge in [0.15, 0.2) is 23.1 Å². The molecule has 1 aromatic carbocycles. The Balaban J connectivity index is 1.50. The molecule has 196 valence electrons. The molecule has 1 aliphatic heterocycles. The highest BCUT2D eigenvalue weighted by Gasteiger charge is 2.51. The summed E-state index contributed by atoms with van der Waals surface area (Å²) in [6, 6.07) is -0.420. The second-order valence-corrected chi connectivity index (χ2v) is 10.3. The predicted molar refractivity (Wildman–Crippen MR) is 118 cm³/mol. The standard InChI is InChI=1S/C24H28F4N4O4/c1-23(2,3)35-22(34)29-14(9-13-10-16(26)17(27)12-15(13)25)11-19(33)32-8-4-5-18(32)20-30-21(36-31-20)24(28)6-7-24/h10,12,14,18H,4-9,11H2,1-3H3,(H,29,34). The van der Waals surface area contributed by atoms with Gasteiger partial charge in [0.2, 0.25) is 5.91 Å². The van der Waals surface area contributed by atoms with Gasteiger partial charge in [-0.25, -0.2) is 22.4 Å². The Hall–Kier alpha value is -3.18. The van der Waals surface area contributed by atoms with Crippen molar-refractivity contribution in [1.29, 1.82) is 0 Å². The van der Waals surface area contributed by atoms with E-state index in [1.165, 1.54) is 4.90 Å². The Morgan fingerprint density at radius 2 is 1.92 bits per heavy atom. The Morgan fingerprint density at radius 3 is 2.58 bits per heavy atom. The number of ether oxygens (including phenoxy) is 1. The molecule has 8 nitrogen and oxygen atoms in total. The van der Waals surface area contributed by atoms with Crippen molar-refractivity contribution in [2.24, 2.45) is 0 Å². The fraction of sp³-hybridized carbons (Fsp3) is 0.583. The van der Waals surface area contributed by atoms with Crippen LogP contribution in [0.15, 0.2) is 16.7 Å². The minimum absolute atomic E-state index is 0.102. The highest BCUT2D eigenvalue weighted by molar-refractivity contribution is 5.78. The lowest BCUT2D eigenvalue weighted by molar-refractivity contribution is -0.132. The van der Waals surface area contributed by atoms with E-state index in [4.69, 9.17) is 9.26 Å². The molecule has 1 saturated heterocycles. The molecule has 2 fully saturated rings. The number of hydrogen-bond acceptors (Lipinski definition) is 6. The zero-order chi connectivity index (χ0) is 26.3. The van der Waals surface area contributed by atoms with Crippen LogP contribution in [-0.4, -0.2) is 45.2 Å². The number of hydrogen-bond donors (Lipinski definition) is 1. The Kier molecular flexibility index (Phi) is 6.98. The molecule has 0 spiro atoms. The number of likely N-dealkylation sites (tertiary alicyclic amines) is 1. The van der Waals surface area contributed by atoms with Crippen LogP contribution >= 0.6 is 0 Å². The van der Waals surface area contributed by atoms with Gasteiger partial charge < -0.3 is 19.5 Å². The lowest BCUT2D eigenvalue weighted by Crippen LogP contribution is -2.44. The molecule has 4 rings (SSSR count). The van der Waals surface area contributed by atoms with Crippen molar-refractivity contribution in [3.8, 4) is 0 Å². The van der Waals surface area contributed by atoms with Crippen molar-refractivity contribution in [1.82, 2.24) is 20.4 Å². The third-order valence-corrected chi connectivity index (χ3v) is 6.08. The molecular weight excluding hydrogens is 484 g/mol. The molecule has 2 aliphatic rings. The molecule has 2 amide bonds. The van der Waals surface area contributed by atoms with Gasteiger partial charge in [-0.15, -0.1) is 0 Å². The van der Waals surface area contributed by atoms with Crippen molar-refractivity contribution < 1.29 is 36.4 Å². The lowest BCUT2D eigenvalue weighted by atomic mass is 10.0. The highest BCUT2D eigenvalue weighted by Crippen LogP contribution is 2.49. The lowest BCUT2D eigenvalue weighted by Gasteiger charge is -2.27. The summed E-state index contributed by atoms with van der Waals surface area (Å²) in [7, 11) is 0. The first-order valence-electron chi connectivity index (χ1n) is 11.8. The van der Waals surface area contributed by atoms with Gasteiger partial charge in [0.1, 0.15) is 11.4 Å². The first-order valence-corrected chi connectivity index (χ1v) is 11.8. The van der Waals surface area contributed by atoms with Gasteiger partial charge in [0.25, 0.3) is 5.89 Å². The number of nitrogens with zero attached hydrogens (tertiary/aromatic N) is 3.